The molecule has 1 rings (SSSR count). The van der Waals surface area contributed by atoms with Gasteiger partial charge in [0, 0.05) is 25.8 Å². The number of rotatable bonds is 6. The Morgan fingerprint density at radius 2 is 2.22 bits per heavy atom. The number of hydrogen-bond acceptors (Lipinski definition) is 3. The molecule has 1 aromatic rings. The number of aliphatic hydroxyl groups excluding tert-OH is 1. The molecule has 3 N–H and O–H groups in total. The highest BCUT2D eigenvalue weighted by Gasteiger charge is 2.21. The molecule has 0 fully saturated rings. The number of hydrogen-bond donors (Lipinski definition) is 3. The number of aliphatic hydroxyl groups is 1. The first-order valence-corrected chi connectivity index (χ1v) is 5.87. The maximum absolute atomic E-state index is 11.9. The highest BCUT2D eigenvalue weighted by atomic mass is 35.5. The highest BCUT2D eigenvalue weighted by molar-refractivity contribution is 6.31. The van der Waals surface area contributed by atoms with Gasteiger partial charge in [0.15, 0.2) is 0 Å². The minimum atomic E-state index is -1.18. The predicted molar refractivity (Wildman–Crippen MR) is 65.7 cm³/mol. The Kier molecular flexibility index (Phi) is 5.18. The molecule has 0 aromatic carbocycles. The summed E-state index contributed by atoms with van der Waals surface area (Å²) in [6.45, 7) is 2.08. The van der Waals surface area contributed by atoms with Crippen LogP contribution in [0.4, 0.5) is 0 Å². The average Bonchev–Trinajstić information content (AvgIpc) is 2.69. The molecule has 0 radical (unpaired) electrons. The second-order valence-electron chi connectivity index (χ2n) is 3.71. The number of carboxylic acids is 1. The minimum Gasteiger partial charge on any atom is -0.480 e. The SMILES string of the molecule is CCn1cc(Cl)cc1C(=O)N[C@@H](CCO)C(=O)O. The summed E-state index contributed by atoms with van der Waals surface area (Å²) in [5, 5.41) is 20.4. The number of carboxylic acid groups (broad SMARTS) is 1. The van der Waals surface area contributed by atoms with Crippen LogP contribution in [0, 0.1) is 0 Å². The minimum absolute atomic E-state index is 0.0400. The fourth-order valence-corrected chi connectivity index (χ4v) is 1.77. The Morgan fingerprint density at radius 3 is 2.72 bits per heavy atom. The average molecular weight is 275 g/mol. The summed E-state index contributed by atoms with van der Waals surface area (Å²) in [7, 11) is 0. The van der Waals surface area contributed by atoms with E-state index in [9.17, 15) is 9.59 Å². The number of aliphatic carboxylic acids is 1. The molecule has 1 aromatic heterocycles. The Morgan fingerprint density at radius 1 is 1.56 bits per heavy atom. The molecule has 0 bridgehead atoms. The van der Waals surface area contributed by atoms with E-state index in [1.54, 1.807) is 10.8 Å². The van der Waals surface area contributed by atoms with Crippen LogP contribution in [0.15, 0.2) is 12.3 Å². The molecule has 1 atom stereocenters. The standard InChI is InChI=1S/C11H15ClN2O4/c1-2-14-6-7(12)5-9(14)10(16)13-8(3-4-15)11(17)18/h5-6,8,15H,2-4H2,1H3,(H,13,16)(H,17,18)/t8-/m0/s1. The topological polar surface area (TPSA) is 91.6 Å². The molecular formula is C11H15ClN2O4. The largest absolute Gasteiger partial charge is 0.480 e. The van der Waals surface area contributed by atoms with E-state index in [-0.39, 0.29) is 13.0 Å². The van der Waals surface area contributed by atoms with Crippen molar-refractivity contribution < 1.29 is 19.8 Å². The summed E-state index contributed by atoms with van der Waals surface area (Å²) in [5.41, 5.74) is 0.298. The molecule has 6 nitrogen and oxygen atoms in total. The van der Waals surface area contributed by atoms with Crippen LogP contribution in [0.5, 0.6) is 0 Å². The van der Waals surface area contributed by atoms with Crippen LogP contribution >= 0.6 is 11.6 Å². The number of aryl methyl sites for hydroxylation is 1. The first-order valence-electron chi connectivity index (χ1n) is 5.49. The van der Waals surface area contributed by atoms with Crippen LogP contribution in [0.3, 0.4) is 0 Å². The summed E-state index contributed by atoms with van der Waals surface area (Å²) in [6.07, 6.45) is 1.56. The fraction of sp³-hybridized carbons (Fsp3) is 0.455. The Bertz CT molecular complexity index is 444. The van der Waals surface area contributed by atoms with Gasteiger partial charge in [0.05, 0.1) is 5.02 Å². The highest BCUT2D eigenvalue weighted by Crippen LogP contribution is 2.14. The summed E-state index contributed by atoms with van der Waals surface area (Å²) < 4.78 is 1.62. The van der Waals surface area contributed by atoms with E-state index in [2.05, 4.69) is 5.32 Å². The Labute approximate surface area is 109 Å². The van der Waals surface area contributed by atoms with Crippen molar-refractivity contribution >= 4 is 23.5 Å². The van der Waals surface area contributed by atoms with Crippen molar-refractivity contribution in [2.75, 3.05) is 6.61 Å². The first kappa shape index (κ1) is 14.5. The van der Waals surface area contributed by atoms with Gasteiger partial charge in [-0.2, -0.15) is 0 Å². The second kappa shape index (κ2) is 6.42. The molecule has 18 heavy (non-hydrogen) atoms. The molecule has 0 aliphatic heterocycles. The lowest BCUT2D eigenvalue weighted by atomic mass is 10.2. The van der Waals surface area contributed by atoms with E-state index in [1.807, 2.05) is 6.92 Å². The molecule has 0 saturated heterocycles. The van der Waals surface area contributed by atoms with Crippen molar-refractivity contribution in [1.29, 1.82) is 0 Å². The molecule has 0 spiro atoms. The van der Waals surface area contributed by atoms with Crippen LogP contribution in [0.2, 0.25) is 5.02 Å². The predicted octanol–water partition coefficient (Wildman–Crippen LogP) is 0.727. The molecule has 0 unspecified atom stereocenters. The van der Waals surface area contributed by atoms with Gasteiger partial charge in [-0.25, -0.2) is 4.79 Å². The van der Waals surface area contributed by atoms with Crippen molar-refractivity contribution in [3.8, 4) is 0 Å². The fourth-order valence-electron chi connectivity index (χ4n) is 1.55. The van der Waals surface area contributed by atoms with E-state index in [0.717, 1.165) is 0 Å². The third-order valence-corrected chi connectivity index (χ3v) is 2.66. The van der Waals surface area contributed by atoms with Gasteiger partial charge in [-0.1, -0.05) is 11.6 Å². The molecule has 0 saturated carbocycles. The summed E-state index contributed by atoms with van der Waals surface area (Å²) in [5.74, 6) is -1.71. The van der Waals surface area contributed by atoms with Crippen molar-refractivity contribution in [1.82, 2.24) is 9.88 Å². The number of aromatic nitrogens is 1. The van der Waals surface area contributed by atoms with Crippen molar-refractivity contribution in [3.63, 3.8) is 0 Å². The van der Waals surface area contributed by atoms with Gasteiger partial charge in [0.1, 0.15) is 11.7 Å². The van der Waals surface area contributed by atoms with E-state index >= 15 is 0 Å². The van der Waals surface area contributed by atoms with Gasteiger partial charge in [0.2, 0.25) is 0 Å². The Balaban J connectivity index is 2.83. The molecule has 0 aliphatic carbocycles. The third-order valence-electron chi connectivity index (χ3n) is 2.46. The number of nitrogens with zero attached hydrogens (tertiary/aromatic N) is 1. The van der Waals surface area contributed by atoms with Gasteiger partial charge in [-0.05, 0) is 13.0 Å². The molecule has 1 amide bonds. The van der Waals surface area contributed by atoms with Crippen LogP contribution in [0.25, 0.3) is 0 Å². The summed E-state index contributed by atoms with van der Waals surface area (Å²) >= 11 is 5.79. The third kappa shape index (κ3) is 3.48. The van der Waals surface area contributed by atoms with E-state index < -0.39 is 17.9 Å². The molecular weight excluding hydrogens is 260 g/mol. The van der Waals surface area contributed by atoms with Gasteiger partial charge >= 0.3 is 5.97 Å². The number of carbonyl (C=O) groups excluding carboxylic acids is 1. The van der Waals surface area contributed by atoms with Gasteiger partial charge in [-0.15, -0.1) is 0 Å². The smallest absolute Gasteiger partial charge is 0.326 e. The van der Waals surface area contributed by atoms with Crippen LogP contribution in [0.1, 0.15) is 23.8 Å². The van der Waals surface area contributed by atoms with Crippen molar-refractivity contribution in [3.05, 3.63) is 23.0 Å². The maximum Gasteiger partial charge on any atom is 0.326 e. The zero-order valence-corrected chi connectivity index (χ0v) is 10.6. The van der Waals surface area contributed by atoms with Crippen LogP contribution in [-0.4, -0.2) is 39.3 Å². The van der Waals surface area contributed by atoms with Gasteiger partial charge < -0.3 is 20.1 Å². The Hall–Kier alpha value is -1.53. The van der Waals surface area contributed by atoms with Gasteiger partial charge in [-0.3, -0.25) is 4.79 Å². The number of halogens is 1. The first-order chi connectivity index (χ1) is 8.49. The van der Waals surface area contributed by atoms with E-state index in [4.69, 9.17) is 21.8 Å². The zero-order chi connectivity index (χ0) is 13.7. The summed E-state index contributed by atoms with van der Waals surface area (Å²) in [4.78, 5) is 22.7. The zero-order valence-electron chi connectivity index (χ0n) is 9.89. The van der Waals surface area contributed by atoms with Crippen molar-refractivity contribution in [2.24, 2.45) is 0 Å². The molecule has 7 heteroatoms. The molecule has 1 heterocycles. The second-order valence-corrected chi connectivity index (χ2v) is 4.14. The number of carbonyl (C=O) groups is 2. The summed E-state index contributed by atoms with van der Waals surface area (Å²) in [6, 6.07) is 0.361. The number of nitrogens with one attached hydrogen (secondary N) is 1. The maximum atomic E-state index is 11.9. The van der Waals surface area contributed by atoms with Gasteiger partial charge in [0.25, 0.3) is 5.91 Å². The quantitative estimate of drug-likeness (QED) is 0.713. The molecule has 100 valence electrons. The number of amides is 1. The van der Waals surface area contributed by atoms with E-state index in [0.29, 0.717) is 17.3 Å². The lowest BCUT2D eigenvalue weighted by molar-refractivity contribution is -0.139. The van der Waals surface area contributed by atoms with Crippen LogP contribution in [-0.2, 0) is 11.3 Å². The normalized spacial score (nSPS) is 12.2. The van der Waals surface area contributed by atoms with Crippen LogP contribution < -0.4 is 5.32 Å². The molecule has 0 aliphatic rings. The van der Waals surface area contributed by atoms with Crippen molar-refractivity contribution in [2.45, 2.75) is 25.9 Å². The lowest BCUT2D eigenvalue weighted by Gasteiger charge is -2.13. The monoisotopic (exact) mass is 274 g/mol. The lowest BCUT2D eigenvalue weighted by Crippen LogP contribution is -2.42. The van der Waals surface area contributed by atoms with E-state index in [1.165, 1.54) is 6.07 Å².